The molecule has 1 fully saturated rings. The number of ether oxygens (including phenoxy) is 1. The van der Waals surface area contributed by atoms with Gasteiger partial charge in [-0.15, -0.1) is 0 Å². The van der Waals surface area contributed by atoms with Gasteiger partial charge in [0.15, 0.2) is 0 Å². The van der Waals surface area contributed by atoms with E-state index in [0.717, 1.165) is 29.7 Å². The quantitative estimate of drug-likeness (QED) is 0.632. The zero-order chi connectivity index (χ0) is 21.0. The lowest BCUT2D eigenvalue weighted by atomic mass is 9.88. The number of amides is 1. The van der Waals surface area contributed by atoms with Gasteiger partial charge in [-0.25, -0.2) is 4.98 Å². The van der Waals surface area contributed by atoms with Gasteiger partial charge in [0, 0.05) is 43.7 Å². The van der Waals surface area contributed by atoms with Crippen LogP contribution in [0.4, 0.5) is 0 Å². The number of carbonyl (C=O) groups excluding carboxylic acids is 1. The molecule has 0 spiro atoms. The van der Waals surface area contributed by atoms with Crippen LogP contribution in [0, 0.1) is 6.92 Å². The Morgan fingerprint density at radius 3 is 2.70 bits per heavy atom. The molecule has 1 aliphatic rings. The Hall–Kier alpha value is -2.70. The number of pyridine rings is 1. The predicted molar refractivity (Wildman–Crippen MR) is 117 cm³/mol. The van der Waals surface area contributed by atoms with Crippen molar-refractivity contribution in [2.24, 2.45) is 0 Å². The van der Waals surface area contributed by atoms with Gasteiger partial charge in [0.2, 0.25) is 5.91 Å². The maximum atomic E-state index is 12.7. The fourth-order valence-electron chi connectivity index (χ4n) is 4.20. The van der Waals surface area contributed by atoms with Crippen LogP contribution in [0.15, 0.2) is 54.9 Å². The second-order valence-corrected chi connectivity index (χ2v) is 8.28. The molecule has 6 heteroatoms. The van der Waals surface area contributed by atoms with Crippen LogP contribution >= 0.6 is 0 Å². The monoisotopic (exact) mass is 406 g/mol. The van der Waals surface area contributed by atoms with Crippen LogP contribution in [-0.4, -0.2) is 40.6 Å². The van der Waals surface area contributed by atoms with Gasteiger partial charge in [-0.3, -0.25) is 4.79 Å². The minimum Gasteiger partial charge on any atom is -0.381 e. The summed E-state index contributed by atoms with van der Waals surface area (Å²) in [7, 11) is 0. The first-order chi connectivity index (χ1) is 14.5. The largest absolute Gasteiger partial charge is 0.381 e. The Kier molecular flexibility index (Phi) is 6.16. The van der Waals surface area contributed by atoms with Crippen molar-refractivity contribution in [3.05, 3.63) is 71.7 Å². The zero-order valence-corrected chi connectivity index (χ0v) is 17.7. The topological polar surface area (TPSA) is 67.7 Å². The van der Waals surface area contributed by atoms with Crippen molar-refractivity contribution in [2.75, 3.05) is 19.8 Å². The van der Waals surface area contributed by atoms with Gasteiger partial charge in [-0.1, -0.05) is 36.4 Å². The van der Waals surface area contributed by atoms with E-state index in [1.165, 1.54) is 5.56 Å². The van der Waals surface area contributed by atoms with E-state index in [1.807, 2.05) is 41.9 Å². The fourth-order valence-corrected chi connectivity index (χ4v) is 4.20. The van der Waals surface area contributed by atoms with E-state index in [-0.39, 0.29) is 23.9 Å². The first-order valence-electron chi connectivity index (χ1n) is 10.6. The number of aryl methyl sites for hydroxylation is 1. The number of fused-ring (bicyclic) bond motifs is 1. The molecule has 1 aromatic carbocycles. The molecule has 6 nitrogen and oxygen atoms in total. The van der Waals surface area contributed by atoms with Crippen molar-refractivity contribution in [3.8, 4) is 0 Å². The van der Waals surface area contributed by atoms with Gasteiger partial charge in [0.05, 0.1) is 12.1 Å². The lowest BCUT2D eigenvalue weighted by Crippen LogP contribution is -2.57. The number of benzene rings is 1. The number of rotatable bonds is 7. The summed E-state index contributed by atoms with van der Waals surface area (Å²) in [5, 5.41) is 6.93. The molecular weight excluding hydrogens is 376 g/mol. The number of hydrogen-bond acceptors (Lipinski definition) is 4. The number of nitrogens with zero attached hydrogens (tertiary/aromatic N) is 2. The molecule has 158 valence electrons. The van der Waals surface area contributed by atoms with Crippen LogP contribution < -0.4 is 10.6 Å². The van der Waals surface area contributed by atoms with Crippen molar-refractivity contribution in [1.29, 1.82) is 0 Å². The fraction of sp³-hybridized carbons (Fsp3) is 0.417. The number of aromatic nitrogens is 2. The van der Waals surface area contributed by atoms with Crippen LogP contribution in [0.25, 0.3) is 5.65 Å². The predicted octanol–water partition coefficient (Wildman–Crippen LogP) is 3.20. The number of carbonyl (C=O) groups is 1. The van der Waals surface area contributed by atoms with Crippen molar-refractivity contribution < 1.29 is 9.53 Å². The SMILES string of the molecule is Cc1cccn2cc(CC(=O)NCC3(NC(C)c4ccccc4)CCOCC3)nc12. The summed E-state index contributed by atoms with van der Waals surface area (Å²) in [5.74, 6) is -0.00362. The Balaban J connectivity index is 1.40. The minimum atomic E-state index is -0.168. The highest BCUT2D eigenvalue weighted by atomic mass is 16.5. The van der Waals surface area contributed by atoms with E-state index in [0.29, 0.717) is 19.8 Å². The first-order valence-corrected chi connectivity index (χ1v) is 10.6. The highest BCUT2D eigenvalue weighted by Gasteiger charge is 2.34. The standard InChI is InChI=1S/C24H30N4O2/c1-18-7-6-12-28-16-21(26-23(18)28)15-22(29)25-17-24(10-13-30-14-11-24)27-19(2)20-8-4-3-5-9-20/h3-9,12,16,19,27H,10-11,13-15,17H2,1-2H3,(H,25,29). The zero-order valence-electron chi connectivity index (χ0n) is 17.7. The molecular formula is C24H30N4O2. The van der Waals surface area contributed by atoms with Crippen molar-refractivity contribution in [1.82, 2.24) is 20.0 Å². The molecule has 2 aromatic heterocycles. The van der Waals surface area contributed by atoms with Gasteiger partial charge < -0.3 is 19.8 Å². The van der Waals surface area contributed by atoms with E-state index in [2.05, 4.69) is 46.8 Å². The number of imidazole rings is 1. The van der Waals surface area contributed by atoms with E-state index >= 15 is 0 Å². The van der Waals surface area contributed by atoms with Crippen LogP contribution in [0.1, 0.15) is 42.6 Å². The summed E-state index contributed by atoms with van der Waals surface area (Å²) < 4.78 is 7.57. The molecule has 4 rings (SSSR count). The number of hydrogen-bond donors (Lipinski definition) is 2. The Morgan fingerprint density at radius 2 is 1.97 bits per heavy atom. The molecule has 1 unspecified atom stereocenters. The van der Waals surface area contributed by atoms with Gasteiger partial charge in [-0.2, -0.15) is 0 Å². The van der Waals surface area contributed by atoms with Crippen molar-refractivity contribution >= 4 is 11.6 Å². The maximum Gasteiger partial charge on any atom is 0.226 e. The van der Waals surface area contributed by atoms with E-state index in [4.69, 9.17) is 4.74 Å². The summed E-state index contributed by atoms with van der Waals surface area (Å²) in [5.41, 5.74) is 3.87. The molecule has 0 aliphatic carbocycles. The van der Waals surface area contributed by atoms with Gasteiger partial charge in [0.1, 0.15) is 5.65 Å². The lowest BCUT2D eigenvalue weighted by molar-refractivity contribution is -0.121. The summed E-state index contributed by atoms with van der Waals surface area (Å²) in [4.78, 5) is 17.3. The Labute approximate surface area is 177 Å². The molecule has 1 atom stereocenters. The molecule has 1 aliphatic heterocycles. The first kappa shape index (κ1) is 20.6. The van der Waals surface area contributed by atoms with Crippen molar-refractivity contribution in [2.45, 2.75) is 44.7 Å². The molecule has 3 heterocycles. The third kappa shape index (κ3) is 4.71. The van der Waals surface area contributed by atoms with E-state index < -0.39 is 0 Å². The maximum absolute atomic E-state index is 12.7. The molecule has 2 N–H and O–H groups in total. The van der Waals surface area contributed by atoms with Crippen molar-refractivity contribution in [3.63, 3.8) is 0 Å². The van der Waals surface area contributed by atoms with Crippen LogP contribution in [0.5, 0.6) is 0 Å². The normalized spacial score (nSPS) is 17.0. The minimum absolute atomic E-state index is 0.00362. The van der Waals surface area contributed by atoms with Crippen LogP contribution in [-0.2, 0) is 16.0 Å². The van der Waals surface area contributed by atoms with Gasteiger partial charge in [-0.05, 0) is 43.9 Å². The molecule has 0 bridgehead atoms. The molecule has 3 aromatic rings. The summed E-state index contributed by atoms with van der Waals surface area (Å²) >= 11 is 0. The molecule has 1 saturated heterocycles. The van der Waals surface area contributed by atoms with Gasteiger partial charge in [0.25, 0.3) is 0 Å². The highest BCUT2D eigenvalue weighted by Crippen LogP contribution is 2.25. The third-order valence-corrected chi connectivity index (χ3v) is 5.97. The highest BCUT2D eigenvalue weighted by molar-refractivity contribution is 5.78. The Morgan fingerprint density at radius 1 is 1.20 bits per heavy atom. The number of nitrogens with one attached hydrogen (secondary N) is 2. The van der Waals surface area contributed by atoms with Gasteiger partial charge >= 0.3 is 0 Å². The summed E-state index contributed by atoms with van der Waals surface area (Å²) in [6.07, 6.45) is 5.92. The molecule has 0 saturated carbocycles. The van der Waals surface area contributed by atoms with E-state index in [9.17, 15) is 4.79 Å². The van der Waals surface area contributed by atoms with Crippen LogP contribution in [0.2, 0.25) is 0 Å². The smallest absolute Gasteiger partial charge is 0.226 e. The molecule has 1 amide bonds. The van der Waals surface area contributed by atoms with Crippen LogP contribution in [0.3, 0.4) is 0 Å². The average molecular weight is 407 g/mol. The summed E-state index contributed by atoms with van der Waals surface area (Å²) in [6.45, 7) is 6.19. The summed E-state index contributed by atoms with van der Waals surface area (Å²) in [6, 6.07) is 14.6. The third-order valence-electron chi connectivity index (χ3n) is 5.97. The van der Waals surface area contributed by atoms with E-state index in [1.54, 1.807) is 0 Å². The Bertz CT molecular complexity index is 993. The average Bonchev–Trinajstić information content (AvgIpc) is 3.17. The lowest BCUT2D eigenvalue weighted by Gasteiger charge is -2.40. The molecule has 0 radical (unpaired) electrons. The molecule has 30 heavy (non-hydrogen) atoms. The second kappa shape index (κ2) is 8.98. The second-order valence-electron chi connectivity index (χ2n) is 8.28.